The van der Waals surface area contributed by atoms with E-state index in [4.69, 9.17) is 0 Å². The number of para-hydroxylation sites is 1. The Bertz CT molecular complexity index is 284. The second-order valence-corrected chi connectivity index (χ2v) is 4.92. The second kappa shape index (κ2) is 4.06. The first-order valence-corrected chi connectivity index (χ1v) is 6.27. The van der Waals surface area contributed by atoms with Crippen molar-refractivity contribution in [3.63, 3.8) is 0 Å². The molecule has 0 aliphatic heterocycles. The van der Waals surface area contributed by atoms with Gasteiger partial charge in [-0.2, -0.15) is 0 Å². The van der Waals surface area contributed by atoms with Crippen LogP contribution in [0.4, 0.5) is 0 Å². The largest absolute Gasteiger partial charge is 0.507 e. The third kappa shape index (κ3) is 2.51. The molecular formula is C9H12NOSi. The van der Waals surface area contributed by atoms with Crippen LogP contribution < -0.4 is 0 Å². The molecule has 0 bridgehead atoms. The van der Waals surface area contributed by atoms with Crippen molar-refractivity contribution in [2.75, 3.05) is 0 Å². The standard InChI is InChI=1S/C9H12NOSi/c1-12(2)10-7-8-5-3-4-6-9(8)11/h3-7,11H,1-2H3. The summed E-state index contributed by atoms with van der Waals surface area (Å²) in [5.74, 6) is 0.296. The third-order valence-corrected chi connectivity index (χ3v) is 2.04. The fourth-order valence-electron chi connectivity index (χ4n) is 0.795. The molecular weight excluding hydrogens is 166 g/mol. The summed E-state index contributed by atoms with van der Waals surface area (Å²) < 4.78 is 4.27. The molecule has 12 heavy (non-hydrogen) atoms. The molecule has 1 rings (SSSR count). The highest BCUT2D eigenvalue weighted by Crippen LogP contribution is 2.12. The number of rotatable bonds is 2. The van der Waals surface area contributed by atoms with E-state index >= 15 is 0 Å². The smallest absolute Gasteiger partial charge is 0.190 e. The van der Waals surface area contributed by atoms with Gasteiger partial charge in [-0.1, -0.05) is 25.2 Å². The average Bonchev–Trinajstić information content (AvgIpc) is 2.03. The summed E-state index contributed by atoms with van der Waals surface area (Å²) in [4.78, 5) is 0. The second-order valence-electron chi connectivity index (χ2n) is 2.76. The zero-order chi connectivity index (χ0) is 8.97. The minimum atomic E-state index is -0.590. The fraction of sp³-hybridized carbons (Fsp3) is 0.222. The monoisotopic (exact) mass is 178 g/mol. The fourth-order valence-corrected chi connectivity index (χ4v) is 1.19. The molecule has 1 aromatic rings. The lowest BCUT2D eigenvalue weighted by atomic mass is 10.2. The summed E-state index contributed by atoms with van der Waals surface area (Å²) in [6.07, 6.45) is 1.74. The Morgan fingerprint density at radius 3 is 2.58 bits per heavy atom. The normalized spacial score (nSPS) is 11.2. The first-order chi connectivity index (χ1) is 5.70. The van der Waals surface area contributed by atoms with Crippen LogP contribution in [0.1, 0.15) is 5.56 Å². The van der Waals surface area contributed by atoms with Gasteiger partial charge in [0.05, 0.1) is 0 Å². The minimum absolute atomic E-state index is 0.296. The van der Waals surface area contributed by atoms with Crippen molar-refractivity contribution in [3.05, 3.63) is 29.8 Å². The lowest BCUT2D eigenvalue weighted by Crippen LogP contribution is -1.95. The molecule has 0 unspecified atom stereocenters. The molecule has 0 amide bonds. The van der Waals surface area contributed by atoms with Gasteiger partial charge in [0.15, 0.2) is 8.96 Å². The van der Waals surface area contributed by atoms with Crippen molar-refractivity contribution < 1.29 is 5.11 Å². The Hall–Kier alpha value is -1.09. The van der Waals surface area contributed by atoms with E-state index in [1.165, 1.54) is 0 Å². The maximum absolute atomic E-state index is 9.34. The lowest BCUT2D eigenvalue weighted by Gasteiger charge is -1.97. The van der Waals surface area contributed by atoms with E-state index in [0.29, 0.717) is 5.75 Å². The van der Waals surface area contributed by atoms with Crippen LogP contribution in [0.25, 0.3) is 0 Å². The van der Waals surface area contributed by atoms with Crippen molar-refractivity contribution in [3.8, 4) is 5.75 Å². The molecule has 0 saturated heterocycles. The predicted octanol–water partition coefficient (Wildman–Crippen LogP) is 2.06. The molecule has 2 nitrogen and oxygen atoms in total. The summed E-state index contributed by atoms with van der Waals surface area (Å²) in [5.41, 5.74) is 0.795. The molecule has 1 radical (unpaired) electrons. The Morgan fingerprint density at radius 2 is 2.00 bits per heavy atom. The first-order valence-electron chi connectivity index (χ1n) is 3.82. The molecule has 0 spiro atoms. The van der Waals surface area contributed by atoms with E-state index in [-0.39, 0.29) is 0 Å². The Kier molecular flexibility index (Phi) is 3.05. The number of phenols is 1. The van der Waals surface area contributed by atoms with Gasteiger partial charge in [-0.3, -0.25) is 0 Å². The Balaban J connectivity index is 2.82. The highest BCUT2D eigenvalue weighted by molar-refractivity contribution is 6.55. The van der Waals surface area contributed by atoms with Crippen LogP contribution >= 0.6 is 0 Å². The van der Waals surface area contributed by atoms with Crippen molar-refractivity contribution in [2.24, 2.45) is 4.66 Å². The lowest BCUT2D eigenvalue weighted by molar-refractivity contribution is 0.474. The van der Waals surface area contributed by atoms with Gasteiger partial charge < -0.3 is 9.76 Å². The van der Waals surface area contributed by atoms with Gasteiger partial charge >= 0.3 is 0 Å². The minimum Gasteiger partial charge on any atom is -0.507 e. The van der Waals surface area contributed by atoms with Crippen LogP contribution in [-0.2, 0) is 0 Å². The SMILES string of the molecule is C[Si](C)N=Cc1ccccc1O. The molecule has 0 heterocycles. The van der Waals surface area contributed by atoms with Gasteiger partial charge in [0.1, 0.15) is 5.75 Å². The molecule has 3 heteroatoms. The quantitative estimate of drug-likeness (QED) is 0.545. The van der Waals surface area contributed by atoms with E-state index in [1.807, 2.05) is 12.1 Å². The number of nitrogens with zero attached hydrogens (tertiary/aromatic N) is 1. The van der Waals surface area contributed by atoms with Gasteiger partial charge in [0.25, 0.3) is 0 Å². The van der Waals surface area contributed by atoms with Gasteiger partial charge in [-0.05, 0) is 12.1 Å². The summed E-state index contributed by atoms with van der Waals surface area (Å²) >= 11 is 0. The molecule has 0 fully saturated rings. The number of phenolic OH excluding ortho intramolecular Hbond substituents is 1. The zero-order valence-electron chi connectivity index (χ0n) is 7.28. The number of hydrogen-bond donors (Lipinski definition) is 1. The van der Waals surface area contributed by atoms with Crippen molar-refractivity contribution in [1.82, 2.24) is 0 Å². The molecule has 0 aliphatic carbocycles. The van der Waals surface area contributed by atoms with E-state index in [9.17, 15) is 5.11 Å². The highest BCUT2D eigenvalue weighted by atomic mass is 28.3. The highest BCUT2D eigenvalue weighted by Gasteiger charge is 1.95. The predicted molar refractivity (Wildman–Crippen MR) is 53.2 cm³/mol. The van der Waals surface area contributed by atoms with E-state index in [0.717, 1.165) is 5.56 Å². The van der Waals surface area contributed by atoms with Crippen LogP contribution in [0.5, 0.6) is 5.75 Å². The molecule has 1 N–H and O–H groups in total. The molecule has 0 atom stereocenters. The molecule has 1 aromatic carbocycles. The van der Waals surface area contributed by atoms with Gasteiger partial charge in [0, 0.05) is 11.8 Å². The van der Waals surface area contributed by atoms with Crippen LogP contribution in [0.3, 0.4) is 0 Å². The Morgan fingerprint density at radius 1 is 1.33 bits per heavy atom. The van der Waals surface area contributed by atoms with E-state index < -0.39 is 8.96 Å². The van der Waals surface area contributed by atoms with Crippen molar-refractivity contribution >= 4 is 15.2 Å². The first kappa shape index (κ1) is 9.00. The van der Waals surface area contributed by atoms with Crippen molar-refractivity contribution in [1.29, 1.82) is 0 Å². The van der Waals surface area contributed by atoms with Crippen LogP contribution in [0, 0.1) is 0 Å². The van der Waals surface area contributed by atoms with Gasteiger partial charge in [-0.25, -0.2) is 0 Å². The summed E-state index contributed by atoms with van der Waals surface area (Å²) in [5, 5.41) is 9.34. The number of hydrogen-bond acceptors (Lipinski definition) is 2. The van der Waals surface area contributed by atoms with Gasteiger partial charge in [-0.15, -0.1) is 0 Å². The molecule has 0 saturated carbocycles. The number of aromatic hydroxyl groups is 1. The Labute approximate surface area is 74.3 Å². The van der Waals surface area contributed by atoms with Crippen LogP contribution in [0.15, 0.2) is 28.9 Å². The summed E-state index contributed by atoms with van der Waals surface area (Å²) in [6, 6.07) is 7.21. The average molecular weight is 178 g/mol. The van der Waals surface area contributed by atoms with E-state index in [1.54, 1.807) is 18.3 Å². The maximum atomic E-state index is 9.34. The van der Waals surface area contributed by atoms with Crippen LogP contribution in [-0.4, -0.2) is 20.3 Å². The molecule has 0 aromatic heterocycles. The zero-order valence-corrected chi connectivity index (χ0v) is 8.28. The molecule has 63 valence electrons. The number of benzene rings is 1. The van der Waals surface area contributed by atoms with Gasteiger partial charge in [0.2, 0.25) is 0 Å². The maximum Gasteiger partial charge on any atom is 0.190 e. The topological polar surface area (TPSA) is 32.6 Å². The van der Waals surface area contributed by atoms with E-state index in [2.05, 4.69) is 17.8 Å². The summed E-state index contributed by atoms with van der Waals surface area (Å²) in [7, 11) is -0.590. The third-order valence-electron chi connectivity index (χ3n) is 1.40. The van der Waals surface area contributed by atoms with Crippen LogP contribution in [0.2, 0.25) is 13.1 Å². The summed E-state index contributed by atoms with van der Waals surface area (Å²) in [6.45, 7) is 4.20. The molecule has 0 aliphatic rings. The van der Waals surface area contributed by atoms with Crippen molar-refractivity contribution in [2.45, 2.75) is 13.1 Å².